The molecule has 94 valence electrons. The third-order valence-electron chi connectivity index (χ3n) is 1.91. The summed E-state index contributed by atoms with van der Waals surface area (Å²) in [5.41, 5.74) is 0.481. The fourth-order valence-electron chi connectivity index (χ4n) is 1.25. The summed E-state index contributed by atoms with van der Waals surface area (Å²) in [6.45, 7) is 1.76. The second-order valence-electron chi connectivity index (χ2n) is 3.37. The number of benzene rings is 1. The van der Waals surface area contributed by atoms with Crippen molar-refractivity contribution >= 4 is 33.5 Å². The average Bonchev–Trinajstić information content (AvgIpc) is 2.27. The van der Waals surface area contributed by atoms with E-state index in [0.29, 0.717) is 12.1 Å². The number of rotatable bonds is 5. The van der Waals surface area contributed by atoms with Gasteiger partial charge in [0, 0.05) is 5.69 Å². The van der Waals surface area contributed by atoms with Crippen LogP contribution in [-0.4, -0.2) is 20.1 Å². The Kier molecular flexibility index (Phi) is 4.77. The van der Waals surface area contributed by atoms with Crippen LogP contribution in [0.15, 0.2) is 24.3 Å². The van der Waals surface area contributed by atoms with Crippen LogP contribution in [-0.2, 0) is 14.3 Å². The summed E-state index contributed by atoms with van der Waals surface area (Å²) in [5, 5.41) is 0. The predicted molar refractivity (Wildman–Crippen MR) is 65.4 cm³/mol. The van der Waals surface area contributed by atoms with Gasteiger partial charge in [0.15, 0.2) is 0 Å². The predicted octanol–water partition coefficient (Wildman–Crippen LogP) is 2.15. The van der Waals surface area contributed by atoms with Gasteiger partial charge in [-0.1, -0.05) is 13.0 Å². The molecule has 0 spiro atoms. The molecule has 0 amide bonds. The molecule has 0 radical (unpaired) electrons. The first-order chi connectivity index (χ1) is 7.98. The molecule has 1 rings (SSSR count). The molecule has 0 aliphatic heterocycles. The highest BCUT2D eigenvalue weighted by atomic mass is 35.5. The molecule has 0 aliphatic rings. The van der Waals surface area contributed by atoms with Crippen LogP contribution in [0.2, 0.25) is 0 Å². The molecule has 0 saturated heterocycles. The quantitative estimate of drug-likeness (QED) is 0.895. The van der Waals surface area contributed by atoms with Gasteiger partial charge in [0.05, 0.1) is 11.3 Å². The molecule has 0 saturated carbocycles. The summed E-state index contributed by atoms with van der Waals surface area (Å²) >= 11 is 4.93. The maximum Gasteiger partial charge on any atom is 0.356 e. The smallest absolute Gasteiger partial charge is 0.343 e. The van der Waals surface area contributed by atoms with E-state index in [1.807, 2.05) is 0 Å². The molecule has 17 heavy (non-hydrogen) atoms. The molecule has 0 atom stereocenters. The van der Waals surface area contributed by atoms with E-state index in [2.05, 4.69) is 9.01 Å². The van der Waals surface area contributed by atoms with E-state index in [9.17, 15) is 13.2 Å². The topological polar surface area (TPSA) is 72.5 Å². The van der Waals surface area contributed by atoms with Gasteiger partial charge >= 0.3 is 5.97 Å². The zero-order valence-corrected chi connectivity index (χ0v) is 10.7. The van der Waals surface area contributed by atoms with Crippen LogP contribution < -0.4 is 4.72 Å². The van der Waals surface area contributed by atoms with Crippen LogP contribution >= 0.6 is 11.9 Å². The van der Waals surface area contributed by atoms with Gasteiger partial charge in [0.1, 0.15) is 11.9 Å². The Balaban J connectivity index is 2.90. The molecular formula is C10H12ClNO4S. The minimum atomic E-state index is -3.37. The third kappa shape index (κ3) is 4.24. The summed E-state index contributed by atoms with van der Waals surface area (Å²) in [7, 11) is -3.37. The first-order valence-electron chi connectivity index (χ1n) is 4.92. The Bertz CT molecular complexity index is 501. The Morgan fingerprint density at radius 2 is 2.18 bits per heavy atom. The van der Waals surface area contributed by atoms with Crippen molar-refractivity contribution in [3.63, 3.8) is 0 Å². The molecule has 1 N–H and O–H groups in total. The number of sulfonamides is 1. The van der Waals surface area contributed by atoms with Gasteiger partial charge < -0.3 is 4.29 Å². The molecule has 5 nitrogen and oxygen atoms in total. The van der Waals surface area contributed by atoms with Gasteiger partial charge in [-0.25, -0.2) is 13.2 Å². The lowest BCUT2D eigenvalue weighted by Crippen LogP contribution is -2.16. The average molecular weight is 278 g/mol. The van der Waals surface area contributed by atoms with Crippen molar-refractivity contribution in [1.82, 2.24) is 0 Å². The highest BCUT2D eigenvalue weighted by Gasteiger charge is 2.11. The zero-order valence-electron chi connectivity index (χ0n) is 9.14. The second kappa shape index (κ2) is 5.88. The Hall–Kier alpha value is -1.27. The monoisotopic (exact) mass is 277 g/mol. The van der Waals surface area contributed by atoms with E-state index in [4.69, 9.17) is 11.9 Å². The van der Waals surface area contributed by atoms with Crippen LogP contribution in [0, 0.1) is 0 Å². The van der Waals surface area contributed by atoms with Crippen LogP contribution in [0.5, 0.6) is 0 Å². The van der Waals surface area contributed by atoms with Crippen LogP contribution in [0.3, 0.4) is 0 Å². The van der Waals surface area contributed by atoms with Crippen molar-refractivity contribution in [2.45, 2.75) is 13.3 Å². The van der Waals surface area contributed by atoms with Crippen molar-refractivity contribution in [3.05, 3.63) is 29.8 Å². The number of hydrogen-bond acceptors (Lipinski definition) is 4. The Morgan fingerprint density at radius 3 is 2.76 bits per heavy atom. The lowest BCUT2D eigenvalue weighted by molar-refractivity contribution is 0.0751. The summed E-state index contributed by atoms with van der Waals surface area (Å²) in [6, 6.07) is 5.91. The summed E-state index contributed by atoms with van der Waals surface area (Å²) < 4.78 is 29.4. The van der Waals surface area contributed by atoms with Gasteiger partial charge in [-0.05, 0) is 24.6 Å². The van der Waals surface area contributed by atoms with Gasteiger partial charge in [0.25, 0.3) is 0 Å². The highest BCUT2D eigenvalue weighted by molar-refractivity contribution is 7.92. The Labute approximate surface area is 105 Å². The fourth-order valence-corrected chi connectivity index (χ4v) is 2.47. The Morgan fingerprint density at radius 1 is 1.47 bits per heavy atom. The van der Waals surface area contributed by atoms with E-state index in [1.54, 1.807) is 6.92 Å². The molecule has 0 bridgehead atoms. The number of anilines is 1. The molecule has 0 heterocycles. The maximum absolute atomic E-state index is 11.5. The summed E-state index contributed by atoms with van der Waals surface area (Å²) in [6.07, 6.45) is 0.513. The first-order valence-corrected chi connectivity index (χ1v) is 6.88. The minimum Gasteiger partial charge on any atom is -0.343 e. The first kappa shape index (κ1) is 13.8. The largest absolute Gasteiger partial charge is 0.356 e. The van der Waals surface area contributed by atoms with Crippen molar-refractivity contribution in [1.29, 1.82) is 0 Å². The normalized spacial score (nSPS) is 10.9. The molecule has 7 heteroatoms. The number of hydrogen-bond donors (Lipinski definition) is 1. The SMILES string of the molecule is CCCS(=O)(=O)Nc1cccc(C(=O)OCl)c1. The summed E-state index contributed by atoms with van der Waals surface area (Å²) in [4.78, 5) is 11.1. The van der Waals surface area contributed by atoms with Crippen molar-refractivity contribution < 1.29 is 17.5 Å². The molecule has 0 unspecified atom stereocenters. The van der Waals surface area contributed by atoms with Crippen LogP contribution in [0.1, 0.15) is 23.7 Å². The minimum absolute atomic E-state index is 0.0250. The molecule has 1 aromatic rings. The number of carbonyl (C=O) groups excluding carboxylic acids is 1. The molecule has 0 fully saturated rings. The van der Waals surface area contributed by atoms with Crippen LogP contribution in [0.25, 0.3) is 0 Å². The van der Waals surface area contributed by atoms with E-state index >= 15 is 0 Å². The molecule has 0 aromatic heterocycles. The standard InChI is InChI=1S/C10H12ClNO4S/c1-2-6-17(14,15)12-9-5-3-4-8(7-9)10(13)16-11/h3-5,7,12H,2,6H2,1H3. The van der Waals surface area contributed by atoms with Crippen molar-refractivity contribution in [2.75, 3.05) is 10.5 Å². The lowest BCUT2D eigenvalue weighted by Gasteiger charge is -2.07. The van der Waals surface area contributed by atoms with Crippen molar-refractivity contribution in [2.24, 2.45) is 0 Å². The highest BCUT2D eigenvalue weighted by Crippen LogP contribution is 2.14. The van der Waals surface area contributed by atoms with E-state index in [-0.39, 0.29) is 11.3 Å². The third-order valence-corrected chi connectivity index (χ3v) is 3.55. The van der Waals surface area contributed by atoms with Gasteiger partial charge in [-0.15, -0.1) is 0 Å². The van der Waals surface area contributed by atoms with Gasteiger partial charge in [-0.2, -0.15) is 0 Å². The zero-order chi connectivity index (χ0) is 12.9. The van der Waals surface area contributed by atoms with E-state index < -0.39 is 16.0 Å². The maximum atomic E-state index is 11.5. The van der Waals surface area contributed by atoms with E-state index in [1.165, 1.54) is 24.3 Å². The number of carbonyl (C=O) groups is 1. The molecular weight excluding hydrogens is 266 g/mol. The fraction of sp³-hybridized carbons (Fsp3) is 0.300. The number of nitrogens with one attached hydrogen (secondary N) is 1. The van der Waals surface area contributed by atoms with E-state index in [0.717, 1.165) is 0 Å². The summed E-state index contributed by atoms with van der Waals surface area (Å²) in [5.74, 6) is -0.708. The van der Waals surface area contributed by atoms with Gasteiger partial charge in [-0.3, -0.25) is 4.72 Å². The molecule has 1 aromatic carbocycles. The van der Waals surface area contributed by atoms with Crippen molar-refractivity contribution in [3.8, 4) is 0 Å². The van der Waals surface area contributed by atoms with Crippen LogP contribution in [0.4, 0.5) is 5.69 Å². The number of halogens is 1. The lowest BCUT2D eigenvalue weighted by atomic mass is 10.2. The second-order valence-corrected chi connectivity index (χ2v) is 5.36. The molecule has 0 aliphatic carbocycles. The van der Waals surface area contributed by atoms with Gasteiger partial charge in [0.2, 0.25) is 10.0 Å².